The number of H-pyrrole nitrogens is 1. The van der Waals surface area contributed by atoms with Gasteiger partial charge in [-0.2, -0.15) is 0 Å². The Bertz CT molecular complexity index is 923. The van der Waals surface area contributed by atoms with Crippen molar-refractivity contribution in [3.8, 4) is 0 Å². The third kappa shape index (κ3) is 3.54. The van der Waals surface area contributed by atoms with E-state index in [-0.39, 0.29) is 23.0 Å². The number of fused-ring (bicyclic) bond motifs is 1. The van der Waals surface area contributed by atoms with Gasteiger partial charge in [0.2, 0.25) is 5.91 Å². The zero-order valence-corrected chi connectivity index (χ0v) is 13.6. The van der Waals surface area contributed by atoms with Crippen molar-refractivity contribution in [1.29, 1.82) is 0 Å². The first-order valence-corrected chi connectivity index (χ1v) is 8.14. The Morgan fingerprint density at radius 1 is 1.33 bits per heavy atom. The van der Waals surface area contributed by atoms with Gasteiger partial charge >= 0.3 is 0 Å². The maximum absolute atomic E-state index is 12.0. The molecule has 0 unspecified atom stereocenters. The lowest BCUT2D eigenvalue weighted by Gasteiger charge is -2.04. The fourth-order valence-electron chi connectivity index (χ4n) is 2.23. The Morgan fingerprint density at radius 3 is 2.92 bits per heavy atom. The number of benzene rings is 2. The van der Waals surface area contributed by atoms with Gasteiger partial charge in [0.1, 0.15) is 5.69 Å². The summed E-state index contributed by atoms with van der Waals surface area (Å²) in [7, 11) is 0. The number of nitrogens with zero attached hydrogens (tertiary/aromatic N) is 2. The second-order valence-corrected chi connectivity index (χ2v) is 6.14. The number of aromatic nitrogens is 2. The quantitative estimate of drug-likeness (QED) is 0.420. The summed E-state index contributed by atoms with van der Waals surface area (Å²) in [6.45, 7) is 1.99. The van der Waals surface area contributed by atoms with Crippen molar-refractivity contribution in [3.63, 3.8) is 0 Å². The van der Waals surface area contributed by atoms with Crippen LogP contribution in [0.3, 0.4) is 0 Å². The van der Waals surface area contributed by atoms with Gasteiger partial charge in [0, 0.05) is 6.07 Å². The van der Waals surface area contributed by atoms with Crippen LogP contribution in [0.1, 0.15) is 5.56 Å². The minimum Gasteiger partial charge on any atom is -0.333 e. The highest BCUT2D eigenvalue weighted by Gasteiger charge is 2.15. The van der Waals surface area contributed by atoms with Gasteiger partial charge in [0.25, 0.3) is 5.69 Å². The maximum atomic E-state index is 12.0. The number of imidazole rings is 1. The molecule has 1 amide bonds. The minimum atomic E-state index is -0.523. The first-order chi connectivity index (χ1) is 11.5. The summed E-state index contributed by atoms with van der Waals surface area (Å²) >= 11 is 1.25. The molecule has 7 nitrogen and oxygen atoms in total. The zero-order valence-electron chi connectivity index (χ0n) is 12.8. The summed E-state index contributed by atoms with van der Waals surface area (Å²) in [5.74, 6) is -0.226. The van der Waals surface area contributed by atoms with Crippen LogP contribution >= 0.6 is 11.8 Å². The highest BCUT2D eigenvalue weighted by Crippen LogP contribution is 2.24. The zero-order chi connectivity index (χ0) is 17.1. The van der Waals surface area contributed by atoms with Gasteiger partial charge in [-0.25, -0.2) is 4.98 Å². The molecule has 0 aliphatic rings. The smallest absolute Gasteiger partial charge is 0.292 e. The second kappa shape index (κ2) is 6.71. The molecule has 0 aliphatic heterocycles. The number of nitro benzene ring substituents is 1. The van der Waals surface area contributed by atoms with Crippen molar-refractivity contribution in [2.45, 2.75) is 12.1 Å². The van der Waals surface area contributed by atoms with Gasteiger partial charge in [0.15, 0.2) is 5.16 Å². The summed E-state index contributed by atoms with van der Waals surface area (Å²) < 4.78 is 0. The Labute approximate surface area is 141 Å². The van der Waals surface area contributed by atoms with E-state index in [4.69, 9.17) is 0 Å². The average molecular weight is 342 g/mol. The number of nitro groups is 1. The van der Waals surface area contributed by atoms with Crippen LogP contribution in [0.4, 0.5) is 11.4 Å². The van der Waals surface area contributed by atoms with Crippen LogP contribution in [-0.4, -0.2) is 26.6 Å². The fourth-order valence-corrected chi connectivity index (χ4v) is 2.91. The standard InChI is InChI=1S/C16H14N4O3S/c1-10-6-7-11-13(8-10)19-16(18-11)24-9-15(21)17-12-4-2-3-5-14(12)20(22)23/h2-8H,9H2,1H3,(H,17,21)(H,18,19). The summed E-state index contributed by atoms with van der Waals surface area (Å²) in [6, 6.07) is 11.9. The Balaban J connectivity index is 1.66. The molecular formula is C16H14N4O3S. The number of carbonyl (C=O) groups excluding carboxylic acids is 1. The molecule has 2 N–H and O–H groups in total. The van der Waals surface area contributed by atoms with Gasteiger partial charge in [-0.1, -0.05) is 30.0 Å². The van der Waals surface area contributed by atoms with Gasteiger partial charge in [-0.3, -0.25) is 14.9 Å². The van der Waals surface area contributed by atoms with Gasteiger partial charge < -0.3 is 10.3 Å². The highest BCUT2D eigenvalue weighted by molar-refractivity contribution is 7.99. The monoisotopic (exact) mass is 342 g/mol. The number of hydrogen-bond donors (Lipinski definition) is 2. The number of aryl methyl sites for hydroxylation is 1. The number of amides is 1. The number of nitrogens with one attached hydrogen (secondary N) is 2. The van der Waals surface area contributed by atoms with Crippen LogP contribution in [0.5, 0.6) is 0 Å². The van der Waals surface area contributed by atoms with E-state index in [0.29, 0.717) is 5.16 Å². The Kier molecular flexibility index (Phi) is 4.48. The largest absolute Gasteiger partial charge is 0.333 e. The molecule has 0 saturated carbocycles. The molecule has 0 spiro atoms. The molecule has 0 fully saturated rings. The average Bonchev–Trinajstić information content (AvgIpc) is 2.95. The van der Waals surface area contributed by atoms with Gasteiger partial charge in [0.05, 0.1) is 21.7 Å². The van der Waals surface area contributed by atoms with Crippen LogP contribution in [-0.2, 0) is 4.79 Å². The third-order valence-electron chi connectivity index (χ3n) is 3.33. The van der Waals surface area contributed by atoms with Gasteiger partial charge in [-0.05, 0) is 30.7 Å². The predicted molar refractivity (Wildman–Crippen MR) is 93.3 cm³/mol. The third-order valence-corrected chi connectivity index (χ3v) is 4.20. The number of para-hydroxylation sites is 2. The van der Waals surface area contributed by atoms with Crippen LogP contribution in [0, 0.1) is 17.0 Å². The number of thioether (sulfide) groups is 1. The number of aromatic amines is 1. The second-order valence-electron chi connectivity index (χ2n) is 5.17. The lowest BCUT2D eigenvalue weighted by molar-refractivity contribution is -0.383. The summed E-state index contributed by atoms with van der Waals surface area (Å²) in [4.78, 5) is 30.0. The minimum absolute atomic E-state index is 0.102. The van der Waals surface area contributed by atoms with Gasteiger partial charge in [-0.15, -0.1) is 0 Å². The lowest BCUT2D eigenvalue weighted by Crippen LogP contribution is -2.15. The molecule has 2 aromatic carbocycles. The van der Waals surface area contributed by atoms with E-state index in [2.05, 4.69) is 15.3 Å². The Hall–Kier alpha value is -2.87. The van der Waals surface area contributed by atoms with E-state index in [9.17, 15) is 14.9 Å². The molecule has 1 heterocycles. The molecule has 1 aromatic heterocycles. The summed E-state index contributed by atoms with van der Waals surface area (Å²) in [6.07, 6.45) is 0. The topological polar surface area (TPSA) is 101 Å². The molecule has 0 radical (unpaired) electrons. The molecule has 122 valence electrons. The molecule has 3 rings (SSSR count). The molecule has 0 saturated heterocycles. The normalized spacial score (nSPS) is 10.7. The fraction of sp³-hybridized carbons (Fsp3) is 0.125. The van der Waals surface area contributed by atoms with Crippen molar-refractivity contribution in [2.75, 3.05) is 11.1 Å². The van der Waals surface area contributed by atoms with Crippen molar-refractivity contribution in [1.82, 2.24) is 9.97 Å². The highest BCUT2D eigenvalue weighted by atomic mass is 32.2. The molecule has 3 aromatic rings. The van der Waals surface area contributed by atoms with Crippen molar-refractivity contribution in [3.05, 3.63) is 58.1 Å². The van der Waals surface area contributed by atoms with Crippen LogP contribution < -0.4 is 5.32 Å². The summed E-state index contributed by atoms with van der Waals surface area (Å²) in [5, 5.41) is 14.1. The number of anilines is 1. The molecule has 0 atom stereocenters. The van der Waals surface area contributed by atoms with E-state index in [1.165, 1.54) is 23.9 Å². The number of hydrogen-bond acceptors (Lipinski definition) is 5. The SMILES string of the molecule is Cc1ccc2nc(SCC(=O)Nc3ccccc3[N+](=O)[O-])[nH]c2c1. The van der Waals surface area contributed by atoms with Crippen LogP contribution in [0.25, 0.3) is 11.0 Å². The van der Waals surface area contributed by atoms with E-state index in [1.54, 1.807) is 12.1 Å². The van der Waals surface area contributed by atoms with E-state index in [0.717, 1.165) is 16.6 Å². The maximum Gasteiger partial charge on any atom is 0.292 e. The first kappa shape index (κ1) is 16.0. The summed E-state index contributed by atoms with van der Waals surface area (Å²) in [5.41, 5.74) is 2.93. The first-order valence-electron chi connectivity index (χ1n) is 7.15. The lowest BCUT2D eigenvalue weighted by atomic mass is 10.2. The van der Waals surface area contributed by atoms with Crippen LogP contribution in [0.15, 0.2) is 47.6 Å². The number of rotatable bonds is 5. The molecule has 24 heavy (non-hydrogen) atoms. The number of carbonyl (C=O) groups is 1. The molecule has 0 bridgehead atoms. The predicted octanol–water partition coefficient (Wildman–Crippen LogP) is 3.51. The van der Waals surface area contributed by atoms with E-state index in [1.807, 2.05) is 25.1 Å². The molecule has 8 heteroatoms. The van der Waals surface area contributed by atoms with Crippen molar-refractivity contribution < 1.29 is 9.72 Å². The van der Waals surface area contributed by atoms with Crippen molar-refractivity contribution >= 4 is 40.1 Å². The van der Waals surface area contributed by atoms with Crippen molar-refractivity contribution in [2.24, 2.45) is 0 Å². The molecule has 0 aliphatic carbocycles. The molecular weight excluding hydrogens is 328 g/mol. The Morgan fingerprint density at radius 2 is 2.12 bits per heavy atom. The van der Waals surface area contributed by atoms with E-state index >= 15 is 0 Å². The van der Waals surface area contributed by atoms with Crippen LogP contribution in [0.2, 0.25) is 0 Å². The van der Waals surface area contributed by atoms with E-state index < -0.39 is 4.92 Å².